The average Bonchev–Trinajstić information content (AvgIpc) is 2.87. The van der Waals surface area contributed by atoms with Crippen molar-refractivity contribution in [3.8, 4) is 0 Å². The predicted molar refractivity (Wildman–Crippen MR) is 125 cm³/mol. The molecule has 1 fully saturated rings. The van der Waals surface area contributed by atoms with Crippen LogP contribution in [0.4, 0.5) is 0 Å². The minimum atomic E-state index is 0.393. The van der Waals surface area contributed by atoms with Crippen molar-refractivity contribution in [3.63, 3.8) is 0 Å². The van der Waals surface area contributed by atoms with Crippen LogP contribution in [0, 0.1) is 11.8 Å². The summed E-state index contributed by atoms with van der Waals surface area (Å²) in [6.45, 7) is 23.5. The molecule has 2 rings (SSSR count). The Balaban J connectivity index is 2.44. The molecule has 0 spiro atoms. The Kier molecular flexibility index (Phi) is 8.68. The van der Waals surface area contributed by atoms with E-state index in [2.05, 4.69) is 81.4 Å². The number of hydrogen-bond acceptors (Lipinski definition) is 1. The Morgan fingerprint density at radius 3 is 1.82 bits per heavy atom. The maximum absolute atomic E-state index is 6.49. The molecule has 1 nitrogen and oxygen atoms in total. The standard InChI is InChI=1S/C26H44OSe/c1-15(2)11-12-24-25(19(9)20(10)27-24)28-26-22(17(5)6)13-21(16(3)4)14-23(26)18(7)8/h13-20,24-25H,11-12H2,1-10H3/t19-,20-,24-,25+/m0/s1. The molecule has 0 unspecified atom stereocenters. The zero-order valence-electron chi connectivity index (χ0n) is 20.0. The topological polar surface area (TPSA) is 9.23 Å². The van der Waals surface area contributed by atoms with E-state index in [-0.39, 0.29) is 0 Å². The molecule has 1 saturated heterocycles. The third-order valence-corrected chi connectivity index (χ3v) is 9.97. The quantitative estimate of drug-likeness (QED) is 0.385. The molecule has 1 heterocycles. The van der Waals surface area contributed by atoms with Gasteiger partial charge in [0.1, 0.15) is 0 Å². The van der Waals surface area contributed by atoms with E-state index in [9.17, 15) is 0 Å². The molecule has 1 aliphatic rings. The van der Waals surface area contributed by atoms with E-state index >= 15 is 0 Å². The van der Waals surface area contributed by atoms with Gasteiger partial charge in [0, 0.05) is 0 Å². The van der Waals surface area contributed by atoms with Gasteiger partial charge >= 0.3 is 182 Å². The van der Waals surface area contributed by atoms with Crippen LogP contribution >= 0.6 is 0 Å². The molecule has 1 aliphatic heterocycles. The molecule has 0 aliphatic carbocycles. The molecule has 0 amide bonds. The van der Waals surface area contributed by atoms with Gasteiger partial charge in [0.15, 0.2) is 0 Å². The molecule has 0 radical (unpaired) electrons. The van der Waals surface area contributed by atoms with Crippen LogP contribution < -0.4 is 4.46 Å². The molecule has 28 heavy (non-hydrogen) atoms. The summed E-state index contributed by atoms with van der Waals surface area (Å²) in [6.07, 6.45) is 3.33. The molecular weight excluding hydrogens is 407 g/mol. The molecule has 0 N–H and O–H groups in total. The fourth-order valence-corrected chi connectivity index (χ4v) is 8.19. The Morgan fingerprint density at radius 2 is 1.39 bits per heavy atom. The molecule has 4 atom stereocenters. The number of ether oxygens (including phenoxy) is 1. The van der Waals surface area contributed by atoms with Crippen molar-refractivity contribution in [1.29, 1.82) is 0 Å². The second-order valence-corrected chi connectivity index (χ2v) is 12.8. The van der Waals surface area contributed by atoms with Crippen LogP contribution in [0.5, 0.6) is 0 Å². The number of benzene rings is 1. The first kappa shape index (κ1) is 24.0. The summed E-state index contributed by atoms with van der Waals surface area (Å²) in [6, 6.07) is 5.04. The predicted octanol–water partition coefficient (Wildman–Crippen LogP) is 7.03. The van der Waals surface area contributed by atoms with Crippen molar-refractivity contribution in [1.82, 2.24) is 0 Å². The first-order valence-electron chi connectivity index (χ1n) is 11.5. The maximum atomic E-state index is 6.49. The fourth-order valence-electron chi connectivity index (χ4n) is 4.16. The van der Waals surface area contributed by atoms with Crippen molar-refractivity contribution < 1.29 is 4.74 Å². The van der Waals surface area contributed by atoms with Gasteiger partial charge in [0.25, 0.3) is 0 Å². The van der Waals surface area contributed by atoms with Crippen LogP contribution in [0.3, 0.4) is 0 Å². The van der Waals surface area contributed by atoms with E-state index in [1.165, 1.54) is 18.4 Å². The normalized spacial score (nSPS) is 25.6. The van der Waals surface area contributed by atoms with Crippen LogP contribution in [0.2, 0.25) is 4.82 Å². The van der Waals surface area contributed by atoms with E-state index in [0.717, 1.165) is 5.92 Å². The van der Waals surface area contributed by atoms with Gasteiger partial charge in [-0.15, -0.1) is 0 Å². The van der Waals surface area contributed by atoms with Crippen molar-refractivity contribution in [2.75, 3.05) is 0 Å². The zero-order chi connectivity index (χ0) is 21.2. The number of rotatable bonds is 8. The van der Waals surface area contributed by atoms with Crippen LogP contribution in [0.25, 0.3) is 0 Å². The van der Waals surface area contributed by atoms with Crippen LogP contribution in [0.15, 0.2) is 12.1 Å². The minimum absolute atomic E-state index is 0.393. The summed E-state index contributed by atoms with van der Waals surface area (Å²) in [5, 5.41) is 0. The van der Waals surface area contributed by atoms with Crippen molar-refractivity contribution in [2.24, 2.45) is 11.8 Å². The summed E-state index contributed by atoms with van der Waals surface area (Å²) < 4.78 is 8.17. The second kappa shape index (κ2) is 10.1. The Bertz CT molecular complexity index is 602. The van der Waals surface area contributed by atoms with Gasteiger partial charge in [-0.25, -0.2) is 0 Å². The van der Waals surface area contributed by atoms with Crippen molar-refractivity contribution in [3.05, 3.63) is 28.8 Å². The Hall–Kier alpha value is -0.301. The van der Waals surface area contributed by atoms with Gasteiger partial charge in [-0.1, -0.05) is 0 Å². The summed E-state index contributed by atoms with van der Waals surface area (Å²) in [7, 11) is 0. The van der Waals surface area contributed by atoms with Crippen LogP contribution in [0.1, 0.15) is 117 Å². The third-order valence-electron chi connectivity index (χ3n) is 6.38. The molecule has 0 aromatic heterocycles. The van der Waals surface area contributed by atoms with E-state index in [1.807, 2.05) is 0 Å². The van der Waals surface area contributed by atoms with Gasteiger partial charge in [-0.3, -0.25) is 0 Å². The van der Waals surface area contributed by atoms with Gasteiger partial charge in [0.05, 0.1) is 0 Å². The summed E-state index contributed by atoms with van der Waals surface area (Å²) >= 11 is 0.459. The molecule has 160 valence electrons. The summed E-state index contributed by atoms with van der Waals surface area (Å²) in [4.78, 5) is 0.696. The second-order valence-electron chi connectivity index (χ2n) is 10.3. The van der Waals surface area contributed by atoms with E-state index in [4.69, 9.17) is 4.74 Å². The van der Waals surface area contributed by atoms with Gasteiger partial charge in [-0.2, -0.15) is 0 Å². The molecule has 1 aromatic rings. The first-order chi connectivity index (χ1) is 13.0. The molecule has 2 heteroatoms. The van der Waals surface area contributed by atoms with E-state index in [1.54, 1.807) is 15.6 Å². The van der Waals surface area contributed by atoms with Crippen LogP contribution in [-0.2, 0) is 4.74 Å². The van der Waals surface area contributed by atoms with Crippen molar-refractivity contribution in [2.45, 2.75) is 117 Å². The van der Waals surface area contributed by atoms with Crippen molar-refractivity contribution >= 4 is 19.4 Å². The Morgan fingerprint density at radius 1 is 0.857 bits per heavy atom. The first-order valence-corrected chi connectivity index (χ1v) is 13.4. The monoisotopic (exact) mass is 452 g/mol. The average molecular weight is 452 g/mol. The fraction of sp³-hybridized carbons (Fsp3) is 0.769. The van der Waals surface area contributed by atoms with Gasteiger partial charge in [-0.05, 0) is 0 Å². The molecule has 0 bridgehead atoms. The summed E-state index contributed by atoms with van der Waals surface area (Å²) in [5.74, 6) is 3.16. The van der Waals surface area contributed by atoms with E-state index < -0.39 is 0 Å². The SMILES string of the molecule is CC(C)CC[C@@H]1O[C@@H](C)[C@H](C)[C@H]1[Se]c1c(C(C)C)cc(C(C)C)cc1C(C)C. The zero-order valence-corrected chi connectivity index (χ0v) is 21.7. The van der Waals surface area contributed by atoms with Gasteiger partial charge < -0.3 is 0 Å². The molecular formula is C26H44OSe. The Labute approximate surface area is 181 Å². The third kappa shape index (κ3) is 5.65. The molecule has 0 saturated carbocycles. The van der Waals surface area contributed by atoms with Gasteiger partial charge in [0.2, 0.25) is 0 Å². The summed E-state index contributed by atoms with van der Waals surface area (Å²) in [5.41, 5.74) is 4.71. The number of hydrogen-bond donors (Lipinski definition) is 0. The molecule has 1 aromatic carbocycles. The van der Waals surface area contributed by atoms with E-state index in [0.29, 0.717) is 55.7 Å². The van der Waals surface area contributed by atoms with Crippen LogP contribution in [-0.4, -0.2) is 27.2 Å².